The molecule has 0 spiro atoms. The van der Waals surface area contributed by atoms with Crippen LogP contribution in [0, 0.1) is 10.1 Å². The van der Waals surface area contributed by atoms with Crippen molar-refractivity contribution in [1.82, 2.24) is 4.90 Å². The zero-order chi connectivity index (χ0) is 13.1. The maximum atomic E-state index is 10.7. The predicted molar refractivity (Wildman–Crippen MR) is 72.7 cm³/mol. The van der Waals surface area contributed by atoms with E-state index in [4.69, 9.17) is 5.73 Å². The van der Waals surface area contributed by atoms with Crippen molar-refractivity contribution in [1.29, 1.82) is 0 Å². The molecular formula is C12H19N3O2S. The molecule has 1 fully saturated rings. The molecule has 1 saturated heterocycles. The summed E-state index contributed by atoms with van der Waals surface area (Å²) in [6.45, 7) is 3.65. The Hall–Kier alpha value is -0.980. The highest BCUT2D eigenvalue weighted by Gasteiger charge is 2.27. The van der Waals surface area contributed by atoms with Crippen LogP contribution in [-0.2, 0) is 6.54 Å². The van der Waals surface area contributed by atoms with Crippen LogP contribution in [0.4, 0.5) is 5.00 Å². The third-order valence-corrected chi connectivity index (χ3v) is 4.58. The normalized spacial score (nSPS) is 25.2. The molecule has 0 amide bonds. The number of hydrogen-bond acceptors (Lipinski definition) is 5. The zero-order valence-electron chi connectivity index (χ0n) is 10.5. The summed E-state index contributed by atoms with van der Waals surface area (Å²) in [7, 11) is 0. The molecule has 18 heavy (non-hydrogen) atoms. The molecule has 2 unspecified atom stereocenters. The number of rotatable bonds is 4. The monoisotopic (exact) mass is 269 g/mol. The second kappa shape index (κ2) is 5.77. The second-order valence-corrected chi connectivity index (χ2v) is 5.78. The highest BCUT2D eigenvalue weighted by Crippen LogP contribution is 2.28. The molecule has 5 nitrogen and oxygen atoms in total. The molecule has 2 N–H and O–H groups in total. The quantitative estimate of drug-likeness (QED) is 0.672. The number of hydrogen-bond donors (Lipinski definition) is 1. The molecule has 6 heteroatoms. The number of nitrogens with two attached hydrogens (primary N) is 1. The summed E-state index contributed by atoms with van der Waals surface area (Å²) in [4.78, 5) is 12.7. The van der Waals surface area contributed by atoms with Gasteiger partial charge in [-0.25, -0.2) is 0 Å². The van der Waals surface area contributed by atoms with Gasteiger partial charge in [0.25, 0.3) is 0 Å². The summed E-state index contributed by atoms with van der Waals surface area (Å²) >= 11 is 1.20. The Kier molecular flexibility index (Phi) is 4.31. The predicted octanol–water partition coefficient (Wildman–Crippen LogP) is 2.36. The van der Waals surface area contributed by atoms with Gasteiger partial charge in [0.1, 0.15) is 0 Å². The molecule has 0 aromatic carbocycles. The molecule has 100 valence electrons. The third-order valence-electron chi connectivity index (χ3n) is 3.65. The van der Waals surface area contributed by atoms with E-state index in [1.54, 1.807) is 6.07 Å². The van der Waals surface area contributed by atoms with Crippen molar-refractivity contribution in [3.8, 4) is 0 Å². The minimum atomic E-state index is -0.325. The summed E-state index contributed by atoms with van der Waals surface area (Å²) < 4.78 is 0. The summed E-state index contributed by atoms with van der Waals surface area (Å²) in [5.74, 6) is 0. The van der Waals surface area contributed by atoms with E-state index in [0.29, 0.717) is 18.6 Å². The molecule has 1 aliphatic heterocycles. The minimum Gasteiger partial charge on any atom is -0.329 e. The Morgan fingerprint density at radius 2 is 2.39 bits per heavy atom. The van der Waals surface area contributed by atoms with Gasteiger partial charge in [0, 0.05) is 36.6 Å². The van der Waals surface area contributed by atoms with Gasteiger partial charge in [-0.2, -0.15) is 0 Å². The van der Waals surface area contributed by atoms with Crippen molar-refractivity contribution in [2.24, 2.45) is 5.73 Å². The van der Waals surface area contributed by atoms with Gasteiger partial charge in [-0.15, -0.1) is 0 Å². The minimum absolute atomic E-state index is 0.221. The molecule has 2 atom stereocenters. The van der Waals surface area contributed by atoms with Crippen LogP contribution >= 0.6 is 11.3 Å². The van der Waals surface area contributed by atoms with Gasteiger partial charge in [-0.3, -0.25) is 15.0 Å². The van der Waals surface area contributed by atoms with E-state index in [1.165, 1.54) is 24.2 Å². The van der Waals surface area contributed by atoms with Crippen molar-refractivity contribution in [2.45, 2.75) is 44.8 Å². The Morgan fingerprint density at radius 1 is 1.61 bits per heavy atom. The Labute approximate surface area is 111 Å². The lowest BCUT2D eigenvalue weighted by molar-refractivity contribution is -0.380. The fourth-order valence-electron chi connectivity index (χ4n) is 2.63. The van der Waals surface area contributed by atoms with Crippen molar-refractivity contribution in [3.05, 3.63) is 27.1 Å². The lowest BCUT2D eigenvalue weighted by Crippen LogP contribution is -2.48. The first-order valence-electron chi connectivity index (χ1n) is 6.29. The number of thiophene rings is 1. The molecule has 1 aliphatic rings. The topological polar surface area (TPSA) is 72.4 Å². The van der Waals surface area contributed by atoms with E-state index in [9.17, 15) is 10.1 Å². The molecule has 0 aliphatic carbocycles. The fraction of sp³-hybridized carbons (Fsp3) is 0.667. The lowest BCUT2D eigenvalue weighted by Gasteiger charge is -2.40. The van der Waals surface area contributed by atoms with Gasteiger partial charge in [-0.1, -0.05) is 17.8 Å². The molecule has 2 heterocycles. The first kappa shape index (κ1) is 13.5. The van der Waals surface area contributed by atoms with Crippen molar-refractivity contribution >= 4 is 16.3 Å². The van der Waals surface area contributed by atoms with Gasteiger partial charge in [0.2, 0.25) is 0 Å². The van der Waals surface area contributed by atoms with Crippen molar-refractivity contribution in [3.63, 3.8) is 0 Å². The van der Waals surface area contributed by atoms with Crippen molar-refractivity contribution < 1.29 is 4.92 Å². The lowest BCUT2D eigenvalue weighted by atomic mass is 9.96. The first-order chi connectivity index (χ1) is 8.61. The van der Waals surface area contributed by atoms with Crippen LogP contribution in [0.5, 0.6) is 0 Å². The molecular weight excluding hydrogens is 250 g/mol. The maximum absolute atomic E-state index is 10.7. The molecule has 0 saturated carbocycles. The smallest absolute Gasteiger partial charge is 0.324 e. The van der Waals surface area contributed by atoms with Gasteiger partial charge in [-0.05, 0) is 25.3 Å². The average molecular weight is 269 g/mol. The molecule has 0 bridgehead atoms. The van der Waals surface area contributed by atoms with E-state index in [0.717, 1.165) is 18.5 Å². The van der Waals surface area contributed by atoms with E-state index in [2.05, 4.69) is 11.8 Å². The first-order valence-corrected chi connectivity index (χ1v) is 7.17. The number of likely N-dealkylation sites (tertiary alicyclic amines) is 1. The van der Waals surface area contributed by atoms with Crippen LogP contribution in [0.3, 0.4) is 0 Å². The van der Waals surface area contributed by atoms with E-state index >= 15 is 0 Å². The zero-order valence-corrected chi connectivity index (χ0v) is 11.4. The number of nitrogens with zero attached hydrogens (tertiary/aromatic N) is 2. The summed E-state index contributed by atoms with van der Waals surface area (Å²) in [5, 5.41) is 12.8. The SMILES string of the molecule is CC1CCCC(CN)N1Cc1csc([N+](=O)[O-])c1. The average Bonchev–Trinajstić information content (AvgIpc) is 2.80. The van der Waals surface area contributed by atoms with E-state index < -0.39 is 0 Å². The number of piperidine rings is 1. The fourth-order valence-corrected chi connectivity index (χ4v) is 3.35. The van der Waals surface area contributed by atoms with Gasteiger partial charge in [0.05, 0.1) is 4.92 Å². The van der Waals surface area contributed by atoms with E-state index in [1.807, 2.05) is 5.38 Å². The van der Waals surface area contributed by atoms with Crippen LogP contribution in [0.25, 0.3) is 0 Å². The largest absolute Gasteiger partial charge is 0.329 e. The second-order valence-electron chi connectivity index (χ2n) is 4.89. The van der Waals surface area contributed by atoms with Gasteiger partial charge < -0.3 is 5.73 Å². The molecule has 1 aromatic rings. The third kappa shape index (κ3) is 2.88. The van der Waals surface area contributed by atoms with Gasteiger partial charge >= 0.3 is 5.00 Å². The van der Waals surface area contributed by atoms with Crippen LogP contribution in [-0.4, -0.2) is 28.5 Å². The van der Waals surface area contributed by atoms with Gasteiger partial charge in [0.15, 0.2) is 0 Å². The van der Waals surface area contributed by atoms with Crippen LogP contribution in [0.2, 0.25) is 0 Å². The van der Waals surface area contributed by atoms with Crippen LogP contribution in [0.1, 0.15) is 31.7 Å². The Balaban J connectivity index is 2.07. The van der Waals surface area contributed by atoms with Crippen molar-refractivity contribution in [2.75, 3.05) is 6.54 Å². The molecule has 2 rings (SSSR count). The highest BCUT2D eigenvalue weighted by molar-refractivity contribution is 7.13. The Morgan fingerprint density at radius 3 is 3.00 bits per heavy atom. The molecule has 1 aromatic heterocycles. The van der Waals surface area contributed by atoms with Crippen LogP contribution < -0.4 is 5.73 Å². The van der Waals surface area contributed by atoms with Crippen LogP contribution in [0.15, 0.2) is 11.4 Å². The summed E-state index contributed by atoms with van der Waals surface area (Å²) in [6, 6.07) is 2.60. The summed E-state index contributed by atoms with van der Waals surface area (Å²) in [5.41, 5.74) is 6.84. The summed E-state index contributed by atoms with van der Waals surface area (Å²) in [6.07, 6.45) is 3.54. The highest BCUT2D eigenvalue weighted by atomic mass is 32.1. The number of nitro groups is 1. The standard InChI is InChI=1S/C12H19N3O2S/c1-9-3-2-4-11(6-13)14(9)7-10-5-12(15(16)17)18-8-10/h5,8-9,11H,2-4,6-7,13H2,1H3. The molecule has 0 radical (unpaired) electrons. The van der Waals surface area contributed by atoms with E-state index in [-0.39, 0.29) is 9.92 Å². The Bertz CT molecular complexity index is 421. The maximum Gasteiger partial charge on any atom is 0.324 e.